The predicted molar refractivity (Wildman–Crippen MR) is 154 cm³/mol. The minimum absolute atomic E-state index is 0.0664. The largest absolute Gasteiger partial charge is 0.461 e. The summed E-state index contributed by atoms with van der Waals surface area (Å²) in [4.78, 5) is 17.1. The van der Waals surface area contributed by atoms with Crippen LogP contribution in [0.25, 0.3) is 0 Å². The van der Waals surface area contributed by atoms with Crippen molar-refractivity contribution in [3.63, 3.8) is 0 Å². The van der Waals surface area contributed by atoms with Crippen molar-refractivity contribution < 1.29 is 22.7 Å². The highest BCUT2D eigenvalue weighted by atomic mass is 127. The van der Waals surface area contributed by atoms with Crippen LogP contribution in [-0.4, -0.2) is 28.0 Å². The minimum Gasteiger partial charge on any atom is -0.461 e. The number of hydrogen-bond donors (Lipinski definition) is 1. The average Bonchev–Trinajstić information content (AvgIpc) is 2.83. The Morgan fingerprint density at radius 2 is 1.76 bits per heavy atom. The molecule has 1 atom stereocenters. The first-order valence-corrected chi connectivity index (χ1v) is 13.8. The van der Waals surface area contributed by atoms with E-state index in [9.17, 15) is 18.0 Å². The molecule has 198 valence electrons. The third-order valence-corrected chi connectivity index (χ3v) is 7.02. The van der Waals surface area contributed by atoms with Crippen molar-refractivity contribution in [1.29, 1.82) is 0 Å². The highest BCUT2D eigenvalue weighted by molar-refractivity contribution is 14.1. The molecule has 1 aromatic heterocycles. The molecular formula is C27H28F3I2N3O2. The van der Waals surface area contributed by atoms with E-state index in [4.69, 9.17) is 4.74 Å². The maximum atomic E-state index is 13.4. The molecule has 0 radical (unpaired) electrons. The number of benzene rings is 2. The first-order chi connectivity index (χ1) is 17.4. The fourth-order valence-corrected chi connectivity index (χ4v) is 4.60. The van der Waals surface area contributed by atoms with Gasteiger partial charge in [0.2, 0.25) is 5.88 Å². The van der Waals surface area contributed by atoms with Crippen LogP contribution in [0.15, 0.2) is 66.9 Å². The molecule has 2 aromatic carbocycles. The third kappa shape index (κ3) is 8.54. The Morgan fingerprint density at radius 1 is 1.05 bits per heavy atom. The van der Waals surface area contributed by atoms with E-state index in [1.54, 1.807) is 13.8 Å². The molecule has 0 spiro atoms. The second kappa shape index (κ2) is 12.7. The summed E-state index contributed by atoms with van der Waals surface area (Å²) in [5.74, 6) is -0.496. The van der Waals surface area contributed by atoms with Gasteiger partial charge in [0.15, 0.2) is 5.60 Å². The van der Waals surface area contributed by atoms with Crippen molar-refractivity contribution in [1.82, 2.24) is 15.4 Å². The number of carbonyl (C=O) groups excluding carboxylic acids is 1. The molecule has 3 aromatic rings. The van der Waals surface area contributed by atoms with Crippen LogP contribution in [0, 0.1) is 7.14 Å². The van der Waals surface area contributed by atoms with Crippen LogP contribution in [0.1, 0.15) is 49.9 Å². The van der Waals surface area contributed by atoms with Gasteiger partial charge in [-0.3, -0.25) is 10.2 Å². The van der Waals surface area contributed by atoms with Crippen LogP contribution in [0.3, 0.4) is 0 Å². The number of amides is 1. The quantitative estimate of drug-likeness (QED) is 0.177. The highest BCUT2D eigenvalue weighted by Gasteiger charge is 2.35. The van der Waals surface area contributed by atoms with Crippen LogP contribution in [0.5, 0.6) is 5.88 Å². The number of hydrazine groups is 1. The zero-order valence-electron chi connectivity index (χ0n) is 20.7. The lowest BCUT2D eigenvalue weighted by Gasteiger charge is -2.35. The molecule has 1 unspecified atom stereocenters. The topological polar surface area (TPSA) is 54.5 Å². The van der Waals surface area contributed by atoms with Crippen LogP contribution in [-0.2, 0) is 17.4 Å². The molecule has 10 heteroatoms. The molecule has 3 rings (SSSR count). The molecule has 0 aliphatic heterocycles. The lowest BCUT2D eigenvalue weighted by molar-refractivity contribution is -0.141. The molecule has 0 saturated carbocycles. The Morgan fingerprint density at radius 3 is 2.32 bits per heavy atom. The summed E-state index contributed by atoms with van der Waals surface area (Å²) in [7, 11) is 0. The molecule has 37 heavy (non-hydrogen) atoms. The zero-order valence-corrected chi connectivity index (χ0v) is 25.0. The standard InChI is InChI=1S/C27H28F3I2N3O2/c1-4-14-35(23(19-6-5-7-22(32)16-19)15-18-8-11-21(31)12-9-18)34-25(36)26(2,3)37-24-13-10-20(17-33-24)27(28,29)30/h5-13,16-17,23H,4,14-15H2,1-3H3,(H,34,36). The number of hydrogen-bond acceptors (Lipinski definition) is 4. The van der Waals surface area contributed by atoms with Gasteiger partial charge in [-0.15, -0.1) is 0 Å². The Bertz CT molecular complexity index is 1190. The predicted octanol–water partition coefficient (Wildman–Crippen LogP) is 7.19. The second-order valence-corrected chi connectivity index (χ2v) is 11.5. The molecule has 0 aliphatic rings. The third-order valence-electron chi connectivity index (χ3n) is 5.63. The van der Waals surface area contributed by atoms with Crippen LogP contribution in [0.2, 0.25) is 0 Å². The van der Waals surface area contributed by atoms with E-state index in [2.05, 4.69) is 85.9 Å². The van der Waals surface area contributed by atoms with Crippen molar-refractivity contribution in [2.75, 3.05) is 6.54 Å². The average molecular weight is 737 g/mol. The van der Waals surface area contributed by atoms with Crippen molar-refractivity contribution in [3.8, 4) is 5.88 Å². The maximum absolute atomic E-state index is 13.4. The number of aromatic nitrogens is 1. The number of ether oxygens (including phenoxy) is 1. The molecule has 0 aliphatic carbocycles. The van der Waals surface area contributed by atoms with Gasteiger partial charge in [0.05, 0.1) is 11.6 Å². The molecule has 1 N–H and O–H groups in total. The van der Waals surface area contributed by atoms with Crippen molar-refractivity contribution in [2.45, 2.75) is 51.4 Å². The molecule has 0 saturated heterocycles. The number of nitrogens with zero attached hydrogens (tertiary/aromatic N) is 2. The smallest absolute Gasteiger partial charge is 0.417 e. The maximum Gasteiger partial charge on any atom is 0.417 e. The van der Waals surface area contributed by atoms with Gasteiger partial charge in [-0.05, 0) is 113 Å². The first-order valence-electron chi connectivity index (χ1n) is 11.7. The van der Waals surface area contributed by atoms with Gasteiger partial charge >= 0.3 is 6.18 Å². The van der Waals surface area contributed by atoms with Crippen molar-refractivity contribution in [3.05, 3.63) is 90.7 Å². The van der Waals surface area contributed by atoms with Gasteiger partial charge in [-0.1, -0.05) is 31.2 Å². The normalized spacial score (nSPS) is 12.9. The van der Waals surface area contributed by atoms with E-state index in [-0.39, 0.29) is 11.9 Å². The van der Waals surface area contributed by atoms with Gasteiger partial charge in [-0.2, -0.15) is 13.2 Å². The van der Waals surface area contributed by atoms with Gasteiger partial charge < -0.3 is 4.74 Å². The fraction of sp³-hybridized carbons (Fsp3) is 0.333. The Hall–Kier alpha value is -1.93. The summed E-state index contributed by atoms with van der Waals surface area (Å²) in [6.07, 6.45) is -2.35. The minimum atomic E-state index is -4.50. The lowest BCUT2D eigenvalue weighted by Crippen LogP contribution is -2.54. The van der Waals surface area contributed by atoms with E-state index in [0.717, 1.165) is 36.8 Å². The van der Waals surface area contributed by atoms with Gasteiger partial charge in [0.25, 0.3) is 5.91 Å². The number of alkyl halides is 3. The van der Waals surface area contributed by atoms with Crippen LogP contribution in [0.4, 0.5) is 13.2 Å². The number of carbonyl (C=O) groups is 1. The summed E-state index contributed by atoms with van der Waals surface area (Å²) in [6, 6.07) is 18.3. The zero-order chi connectivity index (χ0) is 27.2. The van der Waals surface area contributed by atoms with Crippen LogP contribution < -0.4 is 10.2 Å². The Kier molecular flexibility index (Phi) is 10.2. The number of halogens is 5. The second-order valence-electron chi connectivity index (χ2n) is 9.03. The molecule has 0 fully saturated rings. The molecule has 1 heterocycles. The van der Waals surface area contributed by atoms with E-state index in [1.807, 2.05) is 30.1 Å². The van der Waals surface area contributed by atoms with Crippen molar-refractivity contribution >= 4 is 51.1 Å². The summed E-state index contributed by atoms with van der Waals surface area (Å²) < 4.78 is 46.6. The molecule has 5 nitrogen and oxygen atoms in total. The van der Waals surface area contributed by atoms with Gasteiger partial charge in [0, 0.05) is 25.9 Å². The summed E-state index contributed by atoms with van der Waals surface area (Å²) >= 11 is 4.54. The Labute approximate surface area is 242 Å². The lowest BCUT2D eigenvalue weighted by atomic mass is 9.98. The van der Waals surface area contributed by atoms with Gasteiger partial charge in [-0.25, -0.2) is 9.99 Å². The van der Waals surface area contributed by atoms with E-state index >= 15 is 0 Å². The van der Waals surface area contributed by atoms with E-state index in [0.29, 0.717) is 19.2 Å². The fourth-order valence-electron chi connectivity index (χ4n) is 3.68. The summed E-state index contributed by atoms with van der Waals surface area (Å²) in [5, 5.41) is 1.91. The van der Waals surface area contributed by atoms with E-state index in [1.165, 1.54) is 0 Å². The number of nitrogens with one attached hydrogen (secondary N) is 1. The number of pyridine rings is 1. The highest BCUT2D eigenvalue weighted by Crippen LogP contribution is 2.30. The Balaban J connectivity index is 1.84. The monoisotopic (exact) mass is 737 g/mol. The number of rotatable bonds is 10. The SMILES string of the molecule is CCCN(NC(=O)C(C)(C)Oc1ccc(C(F)(F)F)cn1)C(Cc1ccc(I)cc1)c1cccc(I)c1. The molecular weight excluding hydrogens is 709 g/mol. The molecule has 1 amide bonds. The van der Waals surface area contributed by atoms with Gasteiger partial charge in [0.1, 0.15) is 0 Å². The summed E-state index contributed by atoms with van der Waals surface area (Å²) in [5.41, 5.74) is 2.93. The summed E-state index contributed by atoms with van der Waals surface area (Å²) in [6.45, 7) is 5.74. The molecule has 0 bridgehead atoms. The van der Waals surface area contributed by atoms with E-state index < -0.39 is 23.2 Å². The van der Waals surface area contributed by atoms with Crippen molar-refractivity contribution in [2.24, 2.45) is 0 Å². The first kappa shape index (κ1) is 29.6. The van der Waals surface area contributed by atoms with Crippen LogP contribution >= 0.6 is 45.2 Å².